The highest BCUT2D eigenvalue weighted by atomic mass is 35.5. The second kappa shape index (κ2) is 9.64. The summed E-state index contributed by atoms with van der Waals surface area (Å²) in [6.45, 7) is 3.62. The van der Waals surface area contributed by atoms with E-state index in [1.54, 1.807) is 16.9 Å². The van der Waals surface area contributed by atoms with Crippen LogP contribution in [0.1, 0.15) is 5.56 Å². The van der Waals surface area contributed by atoms with E-state index in [4.69, 9.17) is 11.6 Å². The molecule has 174 valence electrons. The lowest BCUT2D eigenvalue weighted by atomic mass is 10.2. The molecule has 8 nitrogen and oxygen atoms in total. The van der Waals surface area contributed by atoms with E-state index < -0.39 is 5.82 Å². The summed E-state index contributed by atoms with van der Waals surface area (Å²) in [6, 6.07) is 14.5. The van der Waals surface area contributed by atoms with E-state index in [2.05, 4.69) is 54.4 Å². The minimum Gasteiger partial charge on any atom is -0.368 e. The zero-order chi connectivity index (χ0) is 23.5. The predicted octanol–water partition coefficient (Wildman–Crippen LogP) is 3.26. The van der Waals surface area contributed by atoms with Gasteiger partial charge in [-0.15, -0.1) is 0 Å². The summed E-state index contributed by atoms with van der Waals surface area (Å²) in [5.41, 5.74) is 2.46. The number of piperazine rings is 1. The Bertz CT molecular complexity index is 1310. The molecule has 1 aliphatic heterocycles. The van der Waals surface area contributed by atoms with Crippen LogP contribution in [0.3, 0.4) is 0 Å². The predicted molar refractivity (Wildman–Crippen MR) is 129 cm³/mol. The quantitative estimate of drug-likeness (QED) is 0.457. The lowest BCUT2D eigenvalue weighted by molar-refractivity contribution is -0.121. The summed E-state index contributed by atoms with van der Waals surface area (Å²) in [5, 5.41) is 8.26. The first-order chi connectivity index (χ1) is 16.6. The molecule has 0 spiro atoms. The van der Waals surface area contributed by atoms with Gasteiger partial charge in [-0.25, -0.2) is 19.0 Å². The fraction of sp³-hybridized carbons (Fsp3) is 0.250. The van der Waals surface area contributed by atoms with Crippen LogP contribution in [0.4, 0.5) is 15.9 Å². The van der Waals surface area contributed by atoms with Crippen molar-refractivity contribution in [3.63, 3.8) is 0 Å². The van der Waals surface area contributed by atoms with Gasteiger partial charge in [0.15, 0.2) is 5.65 Å². The number of anilines is 2. The summed E-state index contributed by atoms with van der Waals surface area (Å²) in [6.07, 6.45) is 3.22. The topological polar surface area (TPSA) is 79.2 Å². The Kier molecular flexibility index (Phi) is 6.27. The van der Waals surface area contributed by atoms with Crippen molar-refractivity contribution in [1.29, 1.82) is 0 Å². The monoisotopic (exact) mass is 479 g/mol. The van der Waals surface area contributed by atoms with Gasteiger partial charge in [0.05, 0.1) is 11.6 Å². The van der Waals surface area contributed by atoms with Crippen molar-refractivity contribution in [3.05, 3.63) is 77.5 Å². The van der Waals surface area contributed by atoms with Crippen LogP contribution < -0.4 is 15.1 Å². The van der Waals surface area contributed by atoms with Gasteiger partial charge in [-0.2, -0.15) is 5.10 Å². The van der Waals surface area contributed by atoms with Crippen LogP contribution >= 0.6 is 11.6 Å². The maximum Gasteiger partial charge on any atom is 0.242 e. The molecule has 1 fully saturated rings. The number of benzene rings is 2. The normalized spacial score (nSPS) is 13.9. The van der Waals surface area contributed by atoms with Crippen LogP contribution in [0, 0.1) is 5.82 Å². The number of halogens is 2. The number of nitrogens with one attached hydrogen (secondary N) is 1. The third kappa shape index (κ3) is 4.65. The number of fused-ring (bicyclic) bond motifs is 1. The zero-order valence-corrected chi connectivity index (χ0v) is 19.1. The summed E-state index contributed by atoms with van der Waals surface area (Å²) >= 11 is 6.04. The molecule has 1 aliphatic rings. The van der Waals surface area contributed by atoms with Crippen LogP contribution in [0.15, 0.2) is 61.1 Å². The van der Waals surface area contributed by atoms with Crippen molar-refractivity contribution in [2.45, 2.75) is 13.1 Å². The van der Waals surface area contributed by atoms with Crippen molar-refractivity contribution in [2.24, 2.45) is 0 Å². The van der Waals surface area contributed by atoms with E-state index in [-0.39, 0.29) is 24.0 Å². The summed E-state index contributed by atoms with van der Waals surface area (Å²) in [5.74, 6) is 0.157. The van der Waals surface area contributed by atoms with E-state index in [1.165, 1.54) is 24.1 Å². The lowest BCUT2D eigenvalue weighted by Gasteiger charge is -2.36. The highest BCUT2D eigenvalue weighted by Gasteiger charge is 2.22. The molecule has 2 aromatic heterocycles. The Hall–Kier alpha value is -3.72. The fourth-order valence-electron chi connectivity index (χ4n) is 4.11. The highest BCUT2D eigenvalue weighted by molar-refractivity contribution is 6.31. The molecule has 1 amide bonds. The number of hydrogen-bond acceptors (Lipinski definition) is 6. The smallest absolute Gasteiger partial charge is 0.242 e. The standard InChI is InChI=1S/C24H23ClFN7O/c25-21-12-18(26)7-6-17(21)13-27-22(34)15-33-24-20(14-30-33)23(28-16-29-24)32-10-8-31(9-11-32)19-4-2-1-3-5-19/h1-7,12,14,16H,8-11,13,15H2,(H,27,34). The maximum atomic E-state index is 13.2. The van der Waals surface area contributed by atoms with Gasteiger partial charge in [0.1, 0.15) is 24.5 Å². The molecule has 1 N–H and O–H groups in total. The zero-order valence-electron chi connectivity index (χ0n) is 18.4. The van der Waals surface area contributed by atoms with Gasteiger partial charge >= 0.3 is 0 Å². The van der Waals surface area contributed by atoms with Crippen molar-refractivity contribution in [2.75, 3.05) is 36.0 Å². The summed E-state index contributed by atoms with van der Waals surface area (Å²) < 4.78 is 14.8. The molecule has 10 heteroatoms. The molecule has 0 aliphatic carbocycles. The Balaban J connectivity index is 1.25. The molecular formula is C24H23ClFN7O. The Labute approximate surface area is 201 Å². The molecular weight excluding hydrogens is 457 g/mol. The Morgan fingerprint density at radius 1 is 1.03 bits per heavy atom. The summed E-state index contributed by atoms with van der Waals surface area (Å²) in [7, 11) is 0. The van der Waals surface area contributed by atoms with Crippen molar-refractivity contribution < 1.29 is 9.18 Å². The third-order valence-corrected chi connectivity index (χ3v) is 6.25. The van der Waals surface area contributed by atoms with E-state index in [0.29, 0.717) is 11.2 Å². The lowest BCUT2D eigenvalue weighted by Crippen LogP contribution is -2.46. The minimum absolute atomic E-state index is 0.000548. The molecule has 3 heterocycles. The van der Waals surface area contributed by atoms with Crippen LogP contribution in [-0.2, 0) is 17.9 Å². The Morgan fingerprint density at radius 2 is 1.79 bits per heavy atom. The van der Waals surface area contributed by atoms with Gasteiger partial charge in [-0.05, 0) is 29.8 Å². The first-order valence-corrected chi connectivity index (χ1v) is 11.4. The van der Waals surface area contributed by atoms with Gasteiger partial charge in [0, 0.05) is 43.4 Å². The molecule has 0 saturated carbocycles. The number of hydrogen-bond donors (Lipinski definition) is 1. The molecule has 5 rings (SSSR count). The average molecular weight is 480 g/mol. The van der Waals surface area contributed by atoms with Gasteiger partial charge in [-0.1, -0.05) is 35.9 Å². The molecule has 1 saturated heterocycles. The third-order valence-electron chi connectivity index (χ3n) is 5.90. The van der Waals surface area contributed by atoms with Gasteiger partial charge in [-0.3, -0.25) is 4.79 Å². The van der Waals surface area contributed by atoms with Crippen molar-refractivity contribution in [3.8, 4) is 0 Å². The molecule has 4 aromatic rings. The number of carbonyl (C=O) groups is 1. The molecule has 2 aromatic carbocycles. The number of para-hydroxylation sites is 1. The molecule has 0 radical (unpaired) electrons. The molecule has 0 bridgehead atoms. The van der Waals surface area contributed by atoms with Crippen LogP contribution in [0.2, 0.25) is 5.02 Å². The van der Waals surface area contributed by atoms with Gasteiger partial charge < -0.3 is 15.1 Å². The van der Waals surface area contributed by atoms with E-state index >= 15 is 0 Å². The number of rotatable bonds is 6. The van der Waals surface area contributed by atoms with E-state index in [1.807, 2.05) is 6.07 Å². The second-order valence-corrected chi connectivity index (χ2v) is 8.47. The highest BCUT2D eigenvalue weighted by Crippen LogP contribution is 2.25. The van der Waals surface area contributed by atoms with E-state index in [0.717, 1.165) is 37.4 Å². The van der Waals surface area contributed by atoms with Crippen LogP contribution in [0.25, 0.3) is 11.0 Å². The average Bonchev–Trinajstić information content (AvgIpc) is 3.27. The molecule has 34 heavy (non-hydrogen) atoms. The van der Waals surface area contributed by atoms with E-state index in [9.17, 15) is 9.18 Å². The number of carbonyl (C=O) groups excluding carboxylic acids is 1. The maximum absolute atomic E-state index is 13.2. The Morgan fingerprint density at radius 3 is 2.56 bits per heavy atom. The first kappa shape index (κ1) is 22.1. The first-order valence-electron chi connectivity index (χ1n) is 11.0. The molecule has 0 unspecified atom stereocenters. The molecule has 0 atom stereocenters. The SMILES string of the molecule is O=C(Cn1ncc2c(N3CCN(c4ccccc4)CC3)ncnc21)NCc1ccc(F)cc1Cl. The number of amides is 1. The fourth-order valence-corrected chi connectivity index (χ4v) is 4.35. The largest absolute Gasteiger partial charge is 0.368 e. The summed E-state index contributed by atoms with van der Waals surface area (Å²) in [4.78, 5) is 26.0. The second-order valence-electron chi connectivity index (χ2n) is 8.06. The van der Waals surface area contributed by atoms with Crippen molar-refractivity contribution in [1.82, 2.24) is 25.1 Å². The number of nitrogens with zero attached hydrogens (tertiary/aromatic N) is 6. The number of aromatic nitrogens is 4. The minimum atomic E-state index is -0.417. The van der Waals surface area contributed by atoms with Crippen LogP contribution in [-0.4, -0.2) is 51.8 Å². The van der Waals surface area contributed by atoms with Crippen LogP contribution in [0.5, 0.6) is 0 Å². The van der Waals surface area contributed by atoms with Gasteiger partial charge in [0.25, 0.3) is 0 Å². The van der Waals surface area contributed by atoms with Gasteiger partial charge in [0.2, 0.25) is 5.91 Å². The van der Waals surface area contributed by atoms with Crippen molar-refractivity contribution >= 4 is 40.0 Å².